The van der Waals surface area contributed by atoms with Gasteiger partial charge in [-0.2, -0.15) is 0 Å². The monoisotopic (exact) mass is 212 g/mol. The number of hydrogen-bond donors (Lipinski definition) is 0. The molecule has 0 aliphatic carbocycles. The third kappa shape index (κ3) is 6.19. The van der Waals surface area contributed by atoms with Crippen molar-refractivity contribution in [1.29, 1.82) is 0 Å². The Labute approximate surface area is 95.6 Å². The van der Waals surface area contributed by atoms with Crippen molar-refractivity contribution in [2.24, 2.45) is 0 Å². The Hall–Kier alpha value is -0.0400. The first kappa shape index (κ1) is 13.0. The van der Waals surface area contributed by atoms with Crippen LogP contribution in [-0.2, 0) is 4.74 Å². The van der Waals surface area contributed by atoms with Crippen molar-refractivity contribution < 1.29 is 4.74 Å². The molecule has 0 unspecified atom stereocenters. The highest BCUT2D eigenvalue weighted by Gasteiger charge is 2.36. The Morgan fingerprint density at radius 3 is 1.53 bits per heavy atom. The van der Waals surface area contributed by atoms with E-state index in [1.54, 1.807) is 0 Å². The summed E-state index contributed by atoms with van der Waals surface area (Å²) in [6, 6.07) is 0. The Kier molecular flexibility index (Phi) is 7.08. The molecule has 0 saturated carbocycles. The van der Waals surface area contributed by atoms with Crippen molar-refractivity contribution in [3.05, 3.63) is 0 Å². The Bertz CT molecular complexity index is 128. The van der Waals surface area contributed by atoms with Crippen LogP contribution in [0.5, 0.6) is 0 Å². The minimum atomic E-state index is 0.642. The first-order valence-electron chi connectivity index (χ1n) is 7.04. The van der Waals surface area contributed by atoms with E-state index in [1.807, 2.05) is 0 Å². The highest BCUT2D eigenvalue weighted by Crippen LogP contribution is 2.31. The van der Waals surface area contributed by atoms with Crippen molar-refractivity contribution >= 4 is 0 Å². The minimum absolute atomic E-state index is 0.642. The highest BCUT2D eigenvalue weighted by molar-refractivity contribution is 4.84. The lowest BCUT2D eigenvalue weighted by atomic mass is 10.1. The molecule has 90 valence electrons. The highest BCUT2D eigenvalue weighted by atomic mass is 16.6. The molecule has 0 bridgehead atoms. The van der Waals surface area contributed by atoms with Crippen LogP contribution in [0.4, 0.5) is 0 Å². The molecule has 0 N–H and O–H groups in total. The van der Waals surface area contributed by atoms with Crippen molar-refractivity contribution in [2.75, 3.05) is 0 Å². The molecule has 1 heterocycles. The van der Waals surface area contributed by atoms with Gasteiger partial charge in [0.2, 0.25) is 0 Å². The third-order valence-corrected chi connectivity index (χ3v) is 3.37. The summed E-state index contributed by atoms with van der Waals surface area (Å²) in [6.45, 7) is 4.54. The second kappa shape index (κ2) is 8.15. The summed E-state index contributed by atoms with van der Waals surface area (Å²) in [6.07, 6.45) is 15.0. The lowest BCUT2D eigenvalue weighted by molar-refractivity contribution is 0.348. The molecule has 0 aromatic carbocycles. The molecule has 1 nitrogen and oxygen atoms in total. The van der Waals surface area contributed by atoms with Crippen LogP contribution in [-0.4, -0.2) is 12.2 Å². The van der Waals surface area contributed by atoms with Crippen LogP contribution < -0.4 is 0 Å². The van der Waals surface area contributed by atoms with Gasteiger partial charge in [-0.3, -0.25) is 0 Å². The Morgan fingerprint density at radius 2 is 1.13 bits per heavy atom. The second-order valence-electron chi connectivity index (χ2n) is 4.91. The summed E-state index contributed by atoms with van der Waals surface area (Å²) in [7, 11) is 0. The number of rotatable bonds is 10. The zero-order valence-corrected chi connectivity index (χ0v) is 10.6. The molecular weight excluding hydrogens is 184 g/mol. The first-order chi connectivity index (χ1) is 7.38. The van der Waals surface area contributed by atoms with E-state index in [0.717, 1.165) is 0 Å². The van der Waals surface area contributed by atoms with Crippen LogP contribution in [0.3, 0.4) is 0 Å². The molecule has 0 amide bonds. The summed E-state index contributed by atoms with van der Waals surface area (Å²) in [4.78, 5) is 0. The number of ether oxygens (including phenoxy) is 1. The van der Waals surface area contributed by atoms with Crippen molar-refractivity contribution in [1.82, 2.24) is 0 Å². The standard InChI is InChI=1S/C14H28O/c1-3-5-7-9-11-13-14(15-13)12-10-8-6-4-2/h13-14H,3-12H2,1-2H3/t13-,14-/m1/s1. The molecule has 2 atom stereocenters. The van der Waals surface area contributed by atoms with Gasteiger partial charge < -0.3 is 4.74 Å². The van der Waals surface area contributed by atoms with E-state index in [0.29, 0.717) is 12.2 Å². The molecule has 1 aliphatic rings. The van der Waals surface area contributed by atoms with Gasteiger partial charge in [-0.25, -0.2) is 0 Å². The lowest BCUT2D eigenvalue weighted by Crippen LogP contribution is -1.94. The number of epoxide rings is 1. The largest absolute Gasteiger partial charge is 0.370 e. The fourth-order valence-electron chi connectivity index (χ4n) is 2.23. The van der Waals surface area contributed by atoms with Gasteiger partial charge in [0.1, 0.15) is 0 Å². The van der Waals surface area contributed by atoms with E-state index in [-0.39, 0.29) is 0 Å². The summed E-state index contributed by atoms with van der Waals surface area (Å²) in [5.41, 5.74) is 0. The normalized spacial score (nSPS) is 24.4. The SMILES string of the molecule is CCCCCC[C@H]1O[C@@H]1CCCCCC. The van der Waals surface area contributed by atoms with Crippen LogP contribution in [0.2, 0.25) is 0 Å². The van der Waals surface area contributed by atoms with E-state index in [9.17, 15) is 0 Å². The van der Waals surface area contributed by atoms with Crippen LogP contribution in [0.15, 0.2) is 0 Å². The third-order valence-electron chi connectivity index (χ3n) is 3.37. The fraction of sp³-hybridized carbons (Fsp3) is 1.00. The molecular formula is C14H28O. The maximum Gasteiger partial charge on any atom is 0.0841 e. The molecule has 0 aromatic rings. The van der Waals surface area contributed by atoms with Gasteiger partial charge in [-0.05, 0) is 12.8 Å². The first-order valence-corrected chi connectivity index (χ1v) is 7.04. The maximum atomic E-state index is 5.68. The second-order valence-corrected chi connectivity index (χ2v) is 4.91. The lowest BCUT2D eigenvalue weighted by Gasteiger charge is -1.97. The molecule has 1 saturated heterocycles. The molecule has 0 spiro atoms. The zero-order chi connectivity index (χ0) is 10.9. The van der Waals surface area contributed by atoms with Gasteiger partial charge in [-0.1, -0.05) is 65.2 Å². The average molecular weight is 212 g/mol. The summed E-state index contributed by atoms with van der Waals surface area (Å²) in [5.74, 6) is 0. The van der Waals surface area contributed by atoms with E-state index in [2.05, 4.69) is 13.8 Å². The van der Waals surface area contributed by atoms with E-state index in [1.165, 1.54) is 64.2 Å². The quantitative estimate of drug-likeness (QED) is 0.378. The van der Waals surface area contributed by atoms with Gasteiger partial charge in [0.25, 0.3) is 0 Å². The maximum absolute atomic E-state index is 5.68. The topological polar surface area (TPSA) is 12.5 Å². The fourth-order valence-corrected chi connectivity index (χ4v) is 2.23. The average Bonchev–Trinajstić information content (AvgIpc) is 2.99. The molecule has 1 aliphatic heterocycles. The predicted octanol–water partition coefficient (Wildman–Crippen LogP) is 4.69. The minimum Gasteiger partial charge on any atom is -0.370 e. The zero-order valence-electron chi connectivity index (χ0n) is 10.6. The summed E-state index contributed by atoms with van der Waals surface area (Å²) in [5, 5.41) is 0. The van der Waals surface area contributed by atoms with Crippen LogP contribution >= 0.6 is 0 Å². The van der Waals surface area contributed by atoms with Crippen molar-refractivity contribution in [2.45, 2.75) is 90.3 Å². The molecule has 1 rings (SSSR count). The van der Waals surface area contributed by atoms with Crippen molar-refractivity contribution in [3.63, 3.8) is 0 Å². The van der Waals surface area contributed by atoms with Gasteiger partial charge in [0.15, 0.2) is 0 Å². The predicted molar refractivity (Wildman–Crippen MR) is 66.2 cm³/mol. The molecule has 1 fully saturated rings. The Morgan fingerprint density at radius 1 is 0.667 bits per heavy atom. The van der Waals surface area contributed by atoms with Gasteiger partial charge in [-0.15, -0.1) is 0 Å². The molecule has 15 heavy (non-hydrogen) atoms. The summed E-state index contributed by atoms with van der Waals surface area (Å²) >= 11 is 0. The van der Waals surface area contributed by atoms with Gasteiger partial charge >= 0.3 is 0 Å². The van der Waals surface area contributed by atoms with E-state index >= 15 is 0 Å². The molecule has 0 radical (unpaired) electrons. The van der Waals surface area contributed by atoms with E-state index < -0.39 is 0 Å². The van der Waals surface area contributed by atoms with Crippen LogP contribution in [0.25, 0.3) is 0 Å². The molecule has 0 aromatic heterocycles. The van der Waals surface area contributed by atoms with E-state index in [4.69, 9.17) is 4.74 Å². The number of hydrogen-bond acceptors (Lipinski definition) is 1. The summed E-state index contributed by atoms with van der Waals surface area (Å²) < 4.78 is 5.68. The smallest absolute Gasteiger partial charge is 0.0841 e. The molecule has 1 heteroatoms. The van der Waals surface area contributed by atoms with Crippen molar-refractivity contribution in [3.8, 4) is 0 Å². The van der Waals surface area contributed by atoms with Crippen LogP contribution in [0.1, 0.15) is 78.1 Å². The van der Waals surface area contributed by atoms with Crippen LogP contribution in [0, 0.1) is 0 Å². The number of unbranched alkanes of at least 4 members (excludes halogenated alkanes) is 6. The van der Waals surface area contributed by atoms with Gasteiger partial charge in [0.05, 0.1) is 12.2 Å². The Balaban J connectivity index is 1.81. The van der Waals surface area contributed by atoms with Gasteiger partial charge in [0, 0.05) is 0 Å².